The maximum absolute atomic E-state index is 12.8. The third-order valence-electron chi connectivity index (χ3n) is 4.83. The molecule has 31 heavy (non-hydrogen) atoms. The lowest BCUT2D eigenvalue weighted by molar-refractivity contribution is -0.153. The molecule has 0 spiro atoms. The van der Waals surface area contributed by atoms with Crippen molar-refractivity contribution in [3.63, 3.8) is 0 Å². The standard InChI is InChI=1S/C21H23F3N2O4S/c22-21(23,24)15-30-18-9-7-16(8-10-18)14-25-20(27)17-5-4-6-19(13-17)31(28,29)26-11-2-1-3-12-26/h4-10,13H,1-3,11-12,14-15H2,(H,25,27). The van der Waals surface area contributed by atoms with Gasteiger partial charge in [0.25, 0.3) is 5.91 Å². The summed E-state index contributed by atoms with van der Waals surface area (Å²) in [6, 6.07) is 11.7. The van der Waals surface area contributed by atoms with E-state index in [1.54, 1.807) is 12.1 Å². The second-order valence-electron chi connectivity index (χ2n) is 7.22. The van der Waals surface area contributed by atoms with Gasteiger partial charge in [0.05, 0.1) is 4.90 Å². The van der Waals surface area contributed by atoms with Gasteiger partial charge in [0, 0.05) is 25.2 Å². The summed E-state index contributed by atoms with van der Waals surface area (Å²) >= 11 is 0. The number of piperidine rings is 1. The maximum Gasteiger partial charge on any atom is 0.422 e. The first kappa shape index (κ1) is 23.1. The topological polar surface area (TPSA) is 75.7 Å². The molecule has 3 rings (SSSR count). The largest absolute Gasteiger partial charge is 0.484 e. The predicted molar refractivity (Wildman–Crippen MR) is 108 cm³/mol. The van der Waals surface area contributed by atoms with Crippen LogP contribution in [0, 0.1) is 0 Å². The zero-order valence-corrected chi connectivity index (χ0v) is 17.5. The van der Waals surface area contributed by atoms with Gasteiger partial charge < -0.3 is 10.1 Å². The molecule has 6 nitrogen and oxygen atoms in total. The number of ether oxygens (including phenoxy) is 1. The SMILES string of the molecule is O=C(NCc1ccc(OCC(F)(F)F)cc1)c1cccc(S(=O)(=O)N2CCCCC2)c1. The first-order valence-electron chi connectivity index (χ1n) is 9.82. The summed E-state index contributed by atoms with van der Waals surface area (Å²) in [4.78, 5) is 12.6. The van der Waals surface area contributed by atoms with E-state index in [1.807, 2.05) is 0 Å². The van der Waals surface area contributed by atoms with E-state index in [-0.39, 0.29) is 22.8 Å². The van der Waals surface area contributed by atoms with Gasteiger partial charge in [0.1, 0.15) is 5.75 Å². The summed E-state index contributed by atoms with van der Waals surface area (Å²) < 4.78 is 68.2. The molecule has 1 aliphatic rings. The van der Waals surface area contributed by atoms with Crippen molar-refractivity contribution in [1.29, 1.82) is 0 Å². The number of hydrogen-bond acceptors (Lipinski definition) is 4. The third kappa shape index (κ3) is 6.44. The fraction of sp³-hybridized carbons (Fsp3) is 0.381. The van der Waals surface area contributed by atoms with E-state index in [1.165, 1.54) is 40.7 Å². The molecular formula is C21H23F3N2O4S. The Labute approximate surface area is 179 Å². The zero-order valence-electron chi connectivity index (χ0n) is 16.7. The number of carbonyl (C=O) groups is 1. The first-order chi connectivity index (χ1) is 14.6. The molecule has 1 N–H and O–H groups in total. The van der Waals surface area contributed by atoms with Crippen LogP contribution in [0.4, 0.5) is 13.2 Å². The van der Waals surface area contributed by atoms with Crippen molar-refractivity contribution in [3.05, 3.63) is 59.7 Å². The number of rotatable bonds is 7. The molecule has 1 saturated heterocycles. The number of alkyl halides is 3. The molecule has 0 atom stereocenters. The van der Waals surface area contributed by atoms with E-state index in [0.717, 1.165) is 19.3 Å². The molecule has 10 heteroatoms. The van der Waals surface area contributed by atoms with Crippen molar-refractivity contribution in [2.24, 2.45) is 0 Å². The first-order valence-corrected chi connectivity index (χ1v) is 11.3. The Hall–Kier alpha value is -2.59. The van der Waals surface area contributed by atoms with Crippen molar-refractivity contribution < 1.29 is 31.1 Å². The fourth-order valence-corrected chi connectivity index (χ4v) is 4.77. The van der Waals surface area contributed by atoms with Gasteiger partial charge in [-0.05, 0) is 48.7 Å². The van der Waals surface area contributed by atoms with Gasteiger partial charge in [-0.15, -0.1) is 0 Å². The van der Waals surface area contributed by atoms with Gasteiger partial charge in [0.2, 0.25) is 10.0 Å². The number of nitrogens with zero attached hydrogens (tertiary/aromatic N) is 1. The molecule has 0 aliphatic carbocycles. The average Bonchev–Trinajstić information content (AvgIpc) is 2.77. The molecule has 1 amide bonds. The van der Waals surface area contributed by atoms with Crippen LogP contribution in [0.5, 0.6) is 5.75 Å². The van der Waals surface area contributed by atoms with E-state index >= 15 is 0 Å². The van der Waals surface area contributed by atoms with Crippen LogP contribution in [-0.4, -0.2) is 44.5 Å². The molecule has 168 valence electrons. The normalized spacial score (nSPS) is 15.5. The van der Waals surface area contributed by atoms with Crippen LogP contribution in [0.1, 0.15) is 35.2 Å². The number of carbonyl (C=O) groups excluding carboxylic acids is 1. The monoisotopic (exact) mass is 456 g/mol. The average molecular weight is 456 g/mol. The number of nitrogens with one attached hydrogen (secondary N) is 1. The number of amides is 1. The van der Waals surface area contributed by atoms with Gasteiger partial charge in [-0.25, -0.2) is 8.42 Å². The van der Waals surface area contributed by atoms with E-state index in [4.69, 9.17) is 0 Å². The van der Waals surface area contributed by atoms with Crippen LogP contribution >= 0.6 is 0 Å². The minimum atomic E-state index is -4.41. The molecule has 1 heterocycles. The maximum atomic E-state index is 12.8. The Balaban J connectivity index is 1.60. The molecule has 0 aromatic heterocycles. The highest BCUT2D eigenvalue weighted by atomic mass is 32.2. The second-order valence-corrected chi connectivity index (χ2v) is 9.16. The quantitative estimate of drug-likeness (QED) is 0.689. The summed E-state index contributed by atoms with van der Waals surface area (Å²) in [7, 11) is -3.65. The van der Waals surface area contributed by atoms with E-state index in [0.29, 0.717) is 18.7 Å². The van der Waals surface area contributed by atoms with E-state index < -0.39 is 28.7 Å². The highest BCUT2D eigenvalue weighted by molar-refractivity contribution is 7.89. The fourth-order valence-electron chi connectivity index (χ4n) is 3.21. The highest BCUT2D eigenvalue weighted by Crippen LogP contribution is 2.22. The molecule has 0 saturated carbocycles. The van der Waals surface area contributed by atoms with Crippen molar-refractivity contribution in [3.8, 4) is 5.75 Å². The second kappa shape index (κ2) is 9.69. The van der Waals surface area contributed by atoms with Crippen LogP contribution in [0.25, 0.3) is 0 Å². The van der Waals surface area contributed by atoms with Crippen LogP contribution in [0.2, 0.25) is 0 Å². The van der Waals surface area contributed by atoms with Gasteiger partial charge >= 0.3 is 6.18 Å². The number of benzene rings is 2. The summed E-state index contributed by atoms with van der Waals surface area (Å²) in [6.07, 6.45) is -1.77. The molecule has 1 aliphatic heterocycles. The number of halogens is 3. The summed E-state index contributed by atoms with van der Waals surface area (Å²) in [6.45, 7) is -0.301. The lowest BCUT2D eigenvalue weighted by atomic mass is 10.2. The minimum absolute atomic E-state index is 0.0722. The summed E-state index contributed by atoms with van der Waals surface area (Å²) in [5.74, 6) is -0.379. The highest BCUT2D eigenvalue weighted by Gasteiger charge is 2.28. The van der Waals surface area contributed by atoms with Gasteiger partial charge in [-0.2, -0.15) is 17.5 Å². The van der Waals surface area contributed by atoms with E-state index in [2.05, 4.69) is 10.1 Å². The molecular weight excluding hydrogens is 433 g/mol. The van der Waals surface area contributed by atoms with Crippen molar-refractivity contribution >= 4 is 15.9 Å². The van der Waals surface area contributed by atoms with Gasteiger partial charge in [-0.3, -0.25) is 4.79 Å². The Morgan fingerprint density at radius 1 is 1.03 bits per heavy atom. The van der Waals surface area contributed by atoms with Crippen LogP contribution in [0.3, 0.4) is 0 Å². The molecule has 0 radical (unpaired) electrons. The van der Waals surface area contributed by atoms with E-state index in [9.17, 15) is 26.4 Å². The van der Waals surface area contributed by atoms with Crippen molar-refractivity contribution in [1.82, 2.24) is 9.62 Å². The minimum Gasteiger partial charge on any atom is -0.484 e. The van der Waals surface area contributed by atoms with Crippen LogP contribution in [0.15, 0.2) is 53.4 Å². The number of hydrogen-bond donors (Lipinski definition) is 1. The van der Waals surface area contributed by atoms with Gasteiger partial charge in [0.15, 0.2) is 6.61 Å². The molecule has 1 fully saturated rings. The molecule has 0 unspecified atom stereocenters. The van der Waals surface area contributed by atoms with Crippen molar-refractivity contribution in [2.75, 3.05) is 19.7 Å². The summed E-state index contributed by atoms with van der Waals surface area (Å²) in [5, 5.41) is 2.68. The Morgan fingerprint density at radius 2 is 1.71 bits per heavy atom. The van der Waals surface area contributed by atoms with Crippen LogP contribution in [-0.2, 0) is 16.6 Å². The molecule has 0 bridgehead atoms. The summed E-state index contributed by atoms with van der Waals surface area (Å²) in [5.41, 5.74) is 0.869. The molecule has 2 aromatic rings. The Bertz CT molecular complexity index is 1000. The predicted octanol–water partition coefficient (Wildman–Crippen LogP) is 3.73. The smallest absolute Gasteiger partial charge is 0.422 e. The lowest BCUT2D eigenvalue weighted by Gasteiger charge is -2.26. The Morgan fingerprint density at radius 3 is 2.35 bits per heavy atom. The van der Waals surface area contributed by atoms with Gasteiger partial charge in [-0.1, -0.05) is 24.6 Å². The third-order valence-corrected chi connectivity index (χ3v) is 6.72. The number of sulfonamides is 1. The van der Waals surface area contributed by atoms with Crippen LogP contribution < -0.4 is 10.1 Å². The van der Waals surface area contributed by atoms with Crippen molar-refractivity contribution in [2.45, 2.75) is 36.9 Å². The molecule has 2 aromatic carbocycles. The zero-order chi connectivity index (χ0) is 22.5. The lowest BCUT2D eigenvalue weighted by Crippen LogP contribution is -2.35. The Kier molecular flexibility index (Phi) is 7.22.